The first kappa shape index (κ1) is 20.7. The lowest BCUT2D eigenvalue weighted by atomic mass is 9.89. The van der Waals surface area contributed by atoms with E-state index in [-0.39, 0.29) is 34.7 Å². The van der Waals surface area contributed by atoms with Crippen LogP contribution in [0.1, 0.15) is 43.0 Å². The standard InChI is InChI=1S/C19H25F2N7O/c1-10(22)19(5-3-4-6-19)28-18-14(21)8-12(15(23)29)16(27-18)26-11-7-13(20)17(24-2)25-9-11/h7-10H,3-6,22H2,1-2H3,(H2,23,29)(H,24,25)(H2,26,27,28)/t10-/m0/s1. The van der Waals surface area contributed by atoms with Gasteiger partial charge in [0.1, 0.15) is 5.82 Å². The van der Waals surface area contributed by atoms with Gasteiger partial charge in [0, 0.05) is 19.2 Å². The fraction of sp³-hybridized carbons (Fsp3) is 0.421. The summed E-state index contributed by atoms with van der Waals surface area (Å²) in [7, 11) is 1.54. The Kier molecular flexibility index (Phi) is 5.83. The van der Waals surface area contributed by atoms with Gasteiger partial charge in [-0.15, -0.1) is 0 Å². The summed E-state index contributed by atoms with van der Waals surface area (Å²) < 4.78 is 28.7. The fourth-order valence-corrected chi connectivity index (χ4v) is 3.62. The molecular formula is C19H25F2N7O. The highest BCUT2D eigenvalue weighted by Crippen LogP contribution is 2.36. The van der Waals surface area contributed by atoms with Crippen molar-refractivity contribution in [3.63, 3.8) is 0 Å². The van der Waals surface area contributed by atoms with Gasteiger partial charge in [0.25, 0.3) is 5.91 Å². The minimum absolute atomic E-state index is 0.00220. The van der Waals surface area contributed by atoms with Gasteiger partial charge in [-0.25, -0.2) is 18.7 Å². The monoisotopic (exact) mass is 405 g/mol. The average molecular weight is 405 g/mol. The number of rotatable bonds is 7. The first-order valence-corrected chi connectivity index (χ1v) is 9.40. The van der Waals surface area contributed by atoms with Crippen molar-refractivity contribution in [1.82, 2.24) is 9.97 Å². The summed E-state index contributed by atoms with van der Waals surface area (Å²) in [5.41, 5.74) is 11.1. The van der Waals surface area contributed by atoms with E-state index >= 15 is 0 Å². The maximum Gasteiger partial charge on any atom is 0.252 e. The second-order valence-corrected chi connectivity index (χ2v) is 7.29. The third-order valence-electron chi connectivity index (χ3n) is 5.32. The number of aromatic nitrogens is 2. The van der Waals surface area contributed by atoms with Crippen LogP contribution in [-0.4, -0.2) is 34.5 Å². The molecule has 0 aromatic carbocycles. The quantitative estimate of drug-likeness (QED) is 0.479. The number of carbonyl (C=O) groups is 1. The Bertz CT molecular complexity index is 914. The van der Waals surface area contributed by atoms with Crippen LogP contribution in [0.2, 0.25) is 0 Å². The highest BCUT2D eigenvalue weighted by molar-refractivity contribution is 5.98. The van der Waals surface area contributed by atoms with Gasteiger partial charge in [-0.1, -0.05) is 12.8 Å². The molecule has 0 saturated heterocycles. The highest BCUT2D eigenvalue weighted by Gasteiger charge is 2.38. The molecule has 3 rings (SSSR count). The molecule has 10 heteroatoms. The molecule has 1 atom stereocenters. The van der Waals surface area contributed by atoms with Gasteiger partial charge in [0.2, 0.25) is 0 Å². The van der Waals surface area contributed by atoms with Crippen LogP contribution < -0.4 is 27.4 Å². The molecule has 1 fully saturated rings. The van der Waals surface area contributed by atoms with E-state index in [4.69, 9.17) is 11.5 Å². The summed E-state index contributed by atoms with van der Waals surface area (Å²) in [6, 6.07) is 1.96. The Morgan fingerprint density at radius 2 is 1.83 bits per heavy atom. The molecule has 0 bridgehead atoms. The number of hydrogen-bond donors (Lipinski definition) is 5. The lowest BCUT2D eigenvalue weighted by molar-refractivity contribution is 0.100. The first-order chi connectivity index (χ1) is 13.8. The van der Waals surface area contributed by atoms with Crippen molar-refractivity contribution in [3.8, 4) is 0 Å². The van der Waals surface area contributed by atoms with E-state index in [0.717, 1.165) is 31.7 Å². The predicted molar refractivity (Wildman–Crippen MR) is 108 cm³/mol. The second-order valence-electron chi connectivity index (χ2n) is 7.29. The van der Waals surface area contributed by atoms with Crippen LogP contribution >= 0.6 is 0 Å². The van der Waals surface area contributed by atoms with Gasteiger partial charge in [0.15, 0.2) is 23.3 Å². The van der Waals surface area contributed by atoms with Crippen LogP contribution in [-0.2, 0) is 0 Å². The molecule has 8 nitrogen and oxygen atoms in total. The van der Waals surface area contributed by atoms with Crippen molar-refractivity contribution < 1.29 is 13.6 Å². The summed E-state index contributed by atoms with van der Waals surface area (Å²) in [4.78, 5) is 20.0. The molecular weight excluding hydrogens is 380 g/mol. The molecule has 7 N–H and O–H groups in total. The Hall–Kier alpha value is -3.01. The number of hydrogen-bond acceptors (Lipinski definition) is 7. The van der Waals surface area contributed by atoms with Gasteiger partial charge in [-0.2, -0.15) is 0 Å². The number of nitrogens with one attached hydrogen (secondary N) is 3. The van der Waals surface area contributed by atoms with E-state index in [1.807, 2.05) is 6.92 Å². The molecule has 0 radical (unpaired) electrons. The zero-order valence-corrected chi connectivity index (χ0v) is 16.4. The third-order valence-corrected chi connectivity index (χ3v) is 5.32. The number of amides is 1. The van der Waals surface area contributed by atoms with Crippen molar-refractivity contribution in [1.29, 1.82) is 0 Å². The molecule has 1 amide bonds. The van der Waals surface area contributed by atoms with Crippen molar-refractivity contribution in [3.05, 3.63) is 35.5 Å². The summed E-state index contributed by atoms with van der Waals surface area (Å²) in [5, 5.41) is 8.55. The number of primary amides is 1. The molecule has 1 saturated carbocycles. The minimum Gasteiger partial charge on any atom is -0.371 e. The molecule has 2 aromatic heterocycles. The molecule has 0 spiro atoms. The Morgan fingerprint density at radius 1 is 1.17 bits per heavy atom. The molecule has 1 aliphatic rings. The van der Waals surface area contributed by atoms with E-state index < -0.39 is 23.1 Å². The van der Waals surface area contributed by atoms with E-state index in [2.05, 4.69) is 25.9 Å². The van der Waals surface area contributed by atoms with Crippen molar-refractivity contribution >= 4 is 29.0 Å². The summed E-state index contributed by atoms with van der Waals surface area (Å²) in [6.45, 7) is 1.87. The van der Waals surface area contributed by atoms with Crippen LogP contribution in [0.4, 0.5) is 31.9 Å². The lowest BCUT2D eigenvalue weighted by Crippen LogP contribution is -2.50. The van der Waals surface area contributed by atoms with Gasteiger partial charge < -0.3 is 27.4 Å². The van der Waals surface area contributed by atoms with Crippen molar-refractivity contribution in [2.24, 2.45) is 11.5 Å². The Balaban J connectivity index is 1.98. The number of carbonyl (C=O) groups excluding carboxylic acids is 1. The molecule has 29 heavy (non-hydrogen) atoms. The molecule has 0 unspecified atom stereocenters. The lowest BCUT2D eigenvalue weighted by Gasteiger charge is -2.35. The summed E-state index contributed by atoms with van der Waals surface area (Å²) in [6.07, 6.45) is 4.88. The minimum atomic E-state index is -0.867. The Labute approximate surface area is 167 Å². The maximum absolute atomic E-state index is 14.7. The van der Waals surface area contributed by atoms with E-state index in [1.165, 1.54) is 12.3 Å². The SMILES string of the molecule is CNc1ncc(Nc2nc(NC3([C@H](C)N)CCCC3)c(F)cc2C(N)=O)cc1F. The van der Waals surface area contributed by atoms with Crippen molar-refractivity contribution in [2.75, 3.05) is 23.0 Å². The summed E-state index contributed by atoms with van der Waals surface area (Å²) in [5.74, 6) is -2.16. The first-order valence-electron chi connectivity index (χ1n) is 9.40. The van der Waals surface area contributed by atoms with Crippen LogP contribution in [0.5, 0.6) is 0 Å². The van der Waals surface area contributed by atoms with Crippen LogP contribution in [0.25, 0.3) is 0 Å². The van der Waals surface area contributed by atoms with Crippen LogP contribution in [0, 0.1) is 11.6 Å². The van der Waals surface area contributed by atoms with Gasteiger partial charge in [0.05, 0.1) is 23.0 Å². The predicted octanol–water partition coefficient (Wildman–Crippen LogP) is 2.71. The van der Waals surface area contributed by atoms with E-state index in [1.54, 1.807) is 7.05 Å². The average Bonchev–Trinajstić information content (AvgIpc) is 3.14. The third kappa shape index (κ3) is 4.21. The van der Waals surface area contributed by atoms with Crippen LogP contribution in [0.3, 0.4) is 0 Å². The van der Waals surface area contributed by atoms with Crippen molar-refractivity contribution in [2.45, 2.75) is 44.2 Å². The van der Waals surface area contributed by atoms with Crippen LogP contribution in [0.15, 0.2) is 18.3 Å². The molecule has 2 heterocycles. The fourth-order valence-electron chi connectivity index (χ4n) is 3.62. The molecule has 1 aliphatic carbocycles. The highest BCUT2D eigenvalue weighted by atomic mass is 19.1. The number of nitrogens with zero attached hydrogens (tertiary/aromatic N) is 2. The summed E-state index contributed by atoms with van der Waals surface area (Å²) >= 11 is 0. The Morgan fingerprint density at radius 3 is 2.38 bits per heavy atom. The van der Waals surface area contributed by atoms with Gasteiger partial charge >= 0.3 is 0 Å². The largest absolute Gasteiger partial charge is 0.371 e. The van der Waals surface area contributed by atoms with E-state index in [9.17, 15) is 13.6 Å². The molecule has 0 aliphatic heterocycles. The van der Waals surface area contributed by atoms with Gasteiger partial charge in [-0.3, -0.25) is 4.79 Å². The molecule has 2 aromatic rings. The zero-order chi connectivity index (χ0) is 21.2. The second kappa shape index (κ2) is 8.16. The number of pyridine rings is 2. The maximum atomic E-state index is 14.7. The zero-order valence-electron chi connectivity index (χ0n) is 16.4. The number of anilines is 4. The smallest absolute Gasteiger partial charge is 0.252 e. The van der Waals surface area contributed by atoms with Gasteiger partial charge in [-0.05, 0) is 25.8 Å². The normalized spacial score (nSPS) is 16.3. The number of halogens is 2. The topological polar surface area (TPSA) is 131 Å². The molecule has 156 valence electrons. The van der Waals surface area contributed by atoms with E-state index in [0.29, 0.717) is 0 Å². The number of nitrogens with two attached hydrogens (primary N) is 2.